The van der Waals surface area contributed by atoms with Crippen LogP contribution >= 0.6 is 11.6 Å². The zero-order valence-electron chi connectivity index (χ0n) is 29.2. The number of aliphatic carboxylic acids is 1. The SMILES string of the molecule is COc1ccc(CNC(C(=O)N2C[C@@H](CN(C)C)Cc3cc(Cl)ccc32)C(C)c2c[nH]c3ccccc23)cc1.FC(F)F.O=C(O)C(F)(F)F.O=CO. The lowest BCUT2D eigenvalue weighted by Crippen LogP contribution is -2.52. The second-order valence-electron chi connectivity index (χ2n) is 12.0. The van der Waals surface area contributed by atoms with E-state index in [9.17, 15) is 31.1 Å². The van der Waals surface area contributed by atoms with Crippen LogP contribution in [0, 0.1) is 5.92 Å². The number of carboxylic acid groups (broad SMARTS) is 2. The van der Waals surface area contributed by atoms with Crippen molar-refractivity contribution in [3.63, 3.8) is 0 Å². The fourth-order valence-electron chi connectivity index (χ4n) is 5.83. The summed E-state index contributed by atoms with van der Waals surface area (Å²) in [6.45, 7) is 0.364. The number of carbonyl (C=O) groups is 3. The lowest BCUT2D eigenvalue weighted by molar-refractivity contribution is -0.192. The van der Waals surface area contributed by atoms with Gasteiger partial charge in [-0.3, -0.25) is 9.59 Å². The number of methoxy groups -OCH3 is 1. The summed E-state index contributed by atoms with van der Waals surface area (Å²) >= 11 is 6.39. The number of alkyl halides is 6. The van der Waals surface area contributed by atoms with Crippen LogP contribution in [0.1, 0.15) is 29.5 Å². The molecule has 1 amide bonds. The molecule has 0 aliphatic carbocycles. The normalized spacial score (nSPS) is 14.7. The number of carboxylic acids is 1. The maximum atomic E-state index is 14.6. The third kappa shape index (κ3) is 13.9. The number of benzene rings is 3. The summed E-state index contributed by atoms with van der Waals surface area (Å²) < 4.78 is 66.1. The van der Waals surface area contributed by atoms with Crippen LogP contribution in [0.25, 0.3) is 10.9 Å². The smallest absolute Gasteiger partial charge is 0.490 e. The number of halogens is 7. The fraction of sp³-hybridized carbons (Fsp3) is 0.361. The Balaban J connectivity index is 0.000000595. The van der Waals surface area contributed by atoms with Gasteiger partial charge < -0.3 is 35.1 Å². The quantitative estimate of drug-likeness (QED) is 0.102. The summed E-state index contributed by atoms with van der Waals surface area (Å²) in [4.78, 5) is 39.4. The molecule has 53 heavy (non-hydrogen) atoms. The molecule has 5 rings (SSSR count). The zero-order valence-corrected chi connectivity index (χ0v) is 30.0. The molecule has 17 heteroatoms. The Hall–Kier alpha value is -4.80. The average molecular weight is 775 g/mol. The van der Waals surface area contributed by atoms with Crippen molar-refractivity contribution in [1.29, 1.82) is 0 Å². The van der Waals surface area contributed by atoms with E-state index in [2.05, 4.69) is 48.4 Å². The molecule has 3 atom stereocenters. The molecular formula is C36H41ClF6N4O6. The van der Waals surface area contributed by atoms with Crippen LogP contribution < -0.4 is 15.0 Å². The Labute approximate surface area is 307 Å². The molecule has 4 N–H and O–H groups in total. The van der Waals surface area contributed by atoms with Gasteiger partial charge in [-0.25, -0.2) is 4.79 Å². The van der Waals surface area contributed by atoms with Gasteiger partial charge in [0.15, 0.2) is 0 Å². The predicted octanol–water partition coefficient (Wildman–Crippen LogP) is 7.37. The number of anilines is 1. The van der Waals surface area contributed by atoms with E-state index in [1.807, 2.05) is 65.7 Å². The first-order chi connectivity index (χ1) is 24.9. The molecule has 290 valence electrons. The lowest BCUT2D eigenvalue weighted by Gasteiger charge is -2.39. The van der Waals surface area contributed by atoms with Gasteiger partial charge in [0.2, 0.25) is 5.91 Å². The van der Waals surface area contributed by atoms with Crippen molar-refractivity contribution in [2.24, 2.45) is 5.92 Å². The molecule has 1 aliphatic rings. The Morgan fingerprint density at radius 2 is 1.68 bits per heavy atom. The molecule has 0 fully saturated rings. The van der Waals surface area contributed by atoms with Gasteiger partial charge in [0.05, 0.1) is 13.2 Å². The maximum Gasteiger partial charge on any atom is 0.490 e. The molecule has 0 spiro atoms. The molecule has 2 heterocycles. The zero-order chi connectivity index (χ0) is 39.9. The number of nitrogens with zero attached hydrogens (tertiary/aromatic N) is 2. The number of H-pyrrole nitrogens is 1. The monoisotopic (exact) mass is 774 g/mol. The fourth-order valence-corrected chi connectivity index (χ4v) is 6.02. The minimum atomic E-state index is -5.08. The van der Waals surface area contributed by atoms with Gasteiger partial charge in [-0.2, -0.15) is 26.3 Å². The number of aromatic amines is 1. The molecule has 10 nitrogen and oxygen atoms in total. The first-order valence-corrected chi connectivity index (χ1v) is 16.3. The molecule has 0 bridgehead atoms. The standard InChI is InChI=1S/C32H37ClN4O2.C2HF3O2.CHF3.CH2O2/c1-21(28-18-34-29-8-6-5-7-27(28)29)31(35-17-22-9-12-26(39-4)13-10-22)32(38)37-20-23(19-36(2)3)15-24-16-25(33)11-14-30(24)37;3-2(4,5)1(6)7;2-1(3)4;2-1-3/h5-14,16,18,21,23,31,34-35H,15,17,19-20H2,1-4H3;(H,6,7);1H;1H,(H,2,3)/t21?,23-,31?;;;/m1.../s1. The van der Waals surface area contributed by atoms with Crippen LogP contribution in [0.2, 0.25) is 5.02 Å². The van der Waals surface area contributed by atoms with Crippen LogP contribution in [-0.2, 0) is 27.3 Å². The van der Waals surface area contributed by atoms with Crippen molar-refractivity contribution in [2.45, 2.75) is 44.7 Å². The third-order valence-corrected chi connectivity index (χ3v) is 8.21. The minimum Gasteiger partial charge on any atom is -0.497 e. The predicted molar refractivity (Wildman–Crippen MR) is 189 cm³/mol. The highest BCUT2D eigenvalue weighted by atomic mass is 35.5. The molecule has 4 aromatic rings. The summed E-state index contributed by atoms with van der Waals surface area (Å²) in [7, 11) is 5.83. The Kier molecular flexibility index (Phi) is 17.6. The molecule has 1 aliphatic heterocycles. The number of hydrogen-bond donors (Lipinski definition) is 4. The largest absolute Gasteiger partial charge is 0.497 e. The van der Waals surface area contributed by atoms with Crippen LogP contribution in [0.5, 0.6) is 5.75 Å². The number of para-hydroxylation sites is 1. The van der Waals surface area contributed by atoms with Gasteiger partial charge in [0, 0.05) is 53.4 Å². The second kappa shape index (κ2) is 21.0. The summed E-state index contributed by atoms with van der Waals surface area (Å²) in [5.41, 5.74) is 5.38. The Morgan fingerprint density at radius 3 is 2.23 bits per heavy atom. The second-order valence-corrected chi connectivity index (χ2v) is 12.4. The van der Waals surface area contributed by atoms with Crippen LogP contribution in [-0.4, -0.2) is 91.6 Å². The third-order valence-electron chi connectivity index (χ3n) is 7.98. The highest BCUT2D eigenvalue weighted by Crippen LogP contribution is 2.35. The van der Waals surface area contributed by atoms with Crippen molar-refractivity contribution < 1.29 is 55.7 Å². The number of hydrogen-bond acceptors (Lipinski definition) is 6. The molecule has 3 aromatic carbocycles. The number of fused-ring (bicyclic) bond motifs is 2. The van der Waals surface area contributed by atoms with Gasteiger partial charge >= 0.3 is 18.8 Å². The van der Waals surface area contributed by atoms with E-state index in [1.54, 1.807) is 7.11 Å². The minimum absolute atomic E-state index is 0.0723. The summed E-state index contributed by atoms with van der Waals surface area (Å²) in [6, 6.07) is 21.7. The van der Waals surface area contributed by atoms with E-state index in [4.69, 9.17) is 36.1 Å². The lowest BCUT2D eigenvalue weighted by atomic mass is 9.88. The number of ether oxygens (including phenoxy) is 1. The molecule has 0 radical (unpaired) electrons. The average Bonchev–Trinajstić information content (AvgIpc) is 3.52. The molecule has 0 saturated carbocycles. The van der Waals surface area contributed by atoms with Crippen LogP contribution in [0.4, 0.5) is 32.0 Å². The Bertz CT molecular complexity index is 1750. The number of nitrogens with one attached hydrogen (secondary N) is 2. The van der Waals surface area contributed by atoms with E-state index < -0.39 is 24.9 Å². The highest BCUT2D eigenvalue weighted by molar-refractivity contribution is 6.30. The van der Waals surface area contributed by atoms with E-state index in [0.29, 0.717) is 24.0 Å². The molecule has 1 aromatic heterocycles. The maximum absolute atomic E-state index is 14.6. The number of carbonyl (C=O) groups excluding carboxylic acids is 1. The van der Waals surface area contributed by atoms with E-state index in [-0.39, 0.29) is 18.3 Å². The van der Waals surface area contributed by atoms with E-state index in [0.717, 1.165) is 52.0 Å². The number of aromatic nitrogens is 1. The van der Waals surface area contributed by atoms with Gasteiger partial charge in [-0.15, -0.1) is 0 Å². The highest BCUT2D eigenvalue weighted by Gasteiger charge is 2.38. The summed E-state index contributed by atoms with van der Waals surface area (Å²) in [5.74, 6) is -1.62. The first kappa shape index (κ1) is 44.4. The van der Waals surface area contributed by atoms with Crippen molar-refractivity contribution in [2.75, 3.05) is 39.2 Å². The van der Waals surface area contributed by atoms with Crippen LogP contribution in [0.3, 0.4) is 0 Å². The van der Waals surface area contributed by atoms with Gasteiger partial charge in [0.1, 0.15) is 5.75 Å². The summed E-state index contributed by atoms with van der Waals surface area (Å²) in [5, 5.41) is 19.5. The molecule has 2 unspecified atom stereocenters. The van der Waals surface area contributed by atoms with Crippen molar-refractivity contribution in [3.8, 4) is 5.75 Å². The van der Waals surface area contributed by atoms with Crippen molar-refractivity contribution >= 4 is 46.5 Å². The van der Waals surface area contributed by atoms with E-state index in [1.165, 1.54) is 0 Å². The van der Waals surface area contributed by atoms with Crippen molar-refractivity contribution in [3.05, 3.63) is 94.6 Å². The number of amides is 1. The number of rotatable bonds is 9. The van der Waals surface area contributed by atoms with Gasteiger partial charge in [-0.05, 0) is 79.5 Å². The van der Waals surface area contributed by atoms with Gasteiger partial charge in [0.25, 0.3) is 6.47 Å². The van der Waals surface area contributed by atoms with Crippen LogP contribution in [0.15, 0.2) is 72.9 Å². The van der Waals surface area contributed by atoms with Crippen molar-refractivity contribution in [1.82, 2.24) is 15.2 Å². The van der Waals surface area contributed by atoms with Gasteiger partial charge in [-0.1, -0.05) is 48.9 Å². The first-order valence-electron chi connectivity index (χ1n) is 15.9. The Morgan fingerprint density at radius 1 is 1.09 bits per heavy atom. The summed E-state index contributed by atoms with van der Waals surface area (Å²) in [6.07, 6.45) is -2.14. The molecular weight excluding hydrogens is 734 g/mol. The van der Waals surface area contributed by atoms with E-state index >= 15 is 0 Å². The molecule has 0 saturated heterocycles. The topological polar surface area (TPSA) is 135 Å².